The number of hydrogen-bond acceptors (Lipinski definition) is 6. The summed E-state index contributed by atoms with van der Waals surface area (Å²) >= 11 is 5.22. The van der Waals surface area contributed by atoms with Gasteiger partial charge in [-0.05, 0) is 36.5 Å². The Kier molecular flexibility index (Phi) is 5.60. The minimum absolute atomic E-state index is 0.0192. The van der Waals surface area contributed by atoms with E-state index in [1.165, 1.54) is 32.3 Å². The number of nitrogens with one attached hydrogen (secondary N) is 1. The predicted molar refractivity (Wildman–Crippen MR) is 109 cm³/mol. The fraction of sp³-hybridized carbons (Fsp3) is 0.150. The molecule has 0 radical (unpaired) electrons. The largest absolute Gasteiger partial charge is 0.495 e. The fourth-order valence-electron chi connectivity index (χ4n) is 2.87. The maximum atomic E-state index is 13.2. The third kappa shape index (κ3) is 3.41. The number of anilines is 1. The van der Waals surface area contributed by atoms with Crippen LogP contribution >= 0.6 is 12.2 Å². The fourth-order valence-corrected chi connectivity index (χ4v) is 3.15. The first-order valence-corrected chi connectivity index (χ1v) is 8.68. The molecule has 0 unspecified atom stereocenters. The Bertz CT molecular complexity index is 986. The Balaban J connectivity index is 2.10. The Morgan fingerprint density at radius 2 is 1.61 bits per heavy atom. The first-order chi connectivity index (χ1) is 13.5. The lowest BCUT2D eigenvalue weighted by Gasteiger charge is -2.29. The number of rotatable bonds is 5. The van der Waals surface area contributed by atoms with Gasteiger partial charge in [0.1, 0.15) is 11.3 Å². The zero-order valence-electron chi connectivity index (χ0n) is 15.5. The normalized spacial score (nSPS) is 15.5. The summed E-state index contributed by atoms with van der Waals surface area (Å²) in [5.41, 5.74) is 0.864. The van der Waals surface area contributed by atoms with Gasteiger partial charge in [-0.2, -0.15) is 0 Å². The second-order valence-electron chi connectivity index (χ2n) is 5.71. The molecule has 3 rings (SSSR count). The number of nitrogens with zero attached hydrogens (tertiary/aromatic N) is 1. The van der Waals surface area contributed by atoms with Crippen molar-refractivity contribution >= 4 is 40.9 Å². The molecule has 0 bridgehead atoms. The molecule has 0 atom stereocenters. The molecule has 144 valence electrons. The summed E-state index contributed by atoms with van der Waals surface area (Å²) in [5, 5.41) is 2.53. The van der Waals surface area contributed by atoms with E-state index in [9.17, 15) is 9.59 Å². The number of carbonyl (C=O) groups excluding carboxylic acids is 2. The van der Waals surface area contributed by atoms with E-state index in [0.29, 0.717) is 28.5 Å². The molecule has 1 N–H and O–H groups in total. The van der Waals surface area contributed by atoms with E-state index in [4.69, 9.17) is 26.4 Å². The van der Waals surface area contributed by atoms with Crippen LogP contribution in [0.1, 0.15) is 5.56 Å². The molecule has 1 fully saturated rings. The standard InChI is InChI=1S/C20H18N2O5S/c1-25-15-9-5-4-8-14(15)22-19(24)13(18(23)21-20(22)28)11-12-7-6-10-16(26-2)17(12)27-3/h4-11H,1-3H3,(H,21,23,28)/b13-11+. The van der Waals surface area contributed by atoms with Crippen molar-refractivity contribution in [2.45, 2.75) is 0 Å². The van der Waals surface area contributed by atoms with Gasteiger partial charge in [-0.25, -0.2) is 4.90 Å². The highest BCUT2D eigenvalue weighted by molar-refractivity contribution is 7.80. The molecule has 1 aliphatic rings. The Morgan fingerprint density at radius 1 is 0.929 bits per heavy atom. The summed E-state index contributed by atoms with van der Waals surface area (Å²) in [4.78, 5) is 26.9. The number of thiocarbonyl (C=S) groups is 1. The number of methoxy groups -OCH3 is 3. The van der Waals surface area contributed by atoms with Crippen molar-refractivity contribution < 1.29 is 23.8 Å². The van der Waals surface area contributed by atoms with E-state index >= 15 is 0 Å². The second kappa shape index (κ2) is 8.10. The zero-order valence-corrected chi connectivity index (χ0v) is 16.3. The van der Waals surface area contributed by atoms with Crippen LogP contribution in [0, 0.1) is 0 Å². The van der Waals surface area contributed by atoms with E-state index in [2.05, 4.69) is 5.32 Å². The summed E-state index contributed by atoms with van der Waals surface area (Å²) < 4.78 is 16.0. The first kappa shape index (κ1) is 19.4. The SMILES string of the molecule is COc1ccccc1N1C(=O)/C(=C/c2cccc(OC)c2OC)C(=O)NC1=S. The molecule has 0 spiro atoms. The van der Waals surface area contributed by atoms with Crippen molar-refractivity contribution in [2.75, 3.05) is 26.2 Å². The number of para-hydroxylation sites is 3. The molecule has 0 saturated carbocycles. The number of ether oxygens (including phenoxy) is 3. The third-order valence-corrected chi connectivity index (χ3v) is 4.45. The highest BCUT2D eigenvalue weighted by Gasteiger charge is 2.36. The van der Waals surface area contributed by atoms with Crippen LogP contribution in [0.5, 0.6) is 17.2 Å². The lowest BCUT2D eigenvalue weighted by molar-refractivity contribution is -0.122. The van der Waals surface area contributed by atoms with Gasteiger partial charge in [0, 0.05) is 5.56 Å². The molecule has 2 aromatic rings. The topological polar surface area (TPSA) is 77.1 Å². The van der Waals surface area contributed by atoms with Crippen LogP contribution in [-0.2, 0) is 9.59 Å². The van der Waals surface area contributed by atoms with Crippen molar-refractivity contribution in [2.24, 2.45) is 0 Å². The van der Waals surface area contributed by atoms with Gasteiger partial charge < -0.3 is 14.2 Å². The van der Waals surface area contributed by atoms with Gasteiger partial charge in [0.25, 0.3) is 11.8 Å². The molecule has 8 heteroatoms. The van der Waals surface area contributed by atoms with Crippen molar-refractivity contribution in [1.82, 2.24) is 5.32 Å². The summed E-state index contributed by atoms with van der Waals surface area (Å²) in [6.45, 7) is 0. The quantitative estimate of drug-likeness (QED) is 0.474. The minimum atomic E-state index is -0.592. The summed E-state index contributed by atoms with van der Waals surface area (Å²) in [5.74, 6) is 0.189. The number of amides is 2. The van der Waals surface area contributed by atoms with E-state index < -0.39 is 11.8 Å². The molecule has 2 amide bonds. The molecule has 1 heterocycles. The van der Waals surface area contributed by atoms with Crippen molar-refractivity contribution in [3.05, 3.63) is 53.6 Å². The van der Waals surface area contributed by atoms with Crippen molar-refractivity contribution in [3.8, 4) is 17.2 Å². The molecule has 1 aliphatic heterocycles. The molecule has 0 aliphatic carbocycles. The third-order valence-electron chi connectivity index (χ3n) is 4.16. The van der Waals surface area contributed by atoms with Crippen LogP contribution in [0.3, 0.4) is 0 Å². The number of benzene rings is 2. The van der Waals surface area contributed by atoms with Crippen LogP contribution in [0.2, 0.25) is 0 Å². The van der Waals surface area contributed by atoms with Crippen LogP contribution in [-0.4, -0.2) is 38.3 Å². The predicted octanol–water partition coefficient (Wildman–Crippen LogP) is 2.54. The van der Waals surface area contributed by atoms with Crippen LogP contribution < -0.4 is 24.4 Å². The molecular formula is C20H18N2O5S. The van der Waals surface area contributed by atoms with Gasteiger partial charge in [0.2, 0.25) is 0 Å². The monoisotopic (exact) mass is 398 g/mol. The van der Waals surface area contributed by atoms with Gasteiger partial charge in [-0.3, -0.25) is 14.9 Å². The Morgan fingerprint density at radius 3 is 2.29 bits per heavy atom. The van der Waals surface area contributed by atoms with Gasteiger partial charge in [0.05, 0.1) is 27.0 Å². The zero-order chi connectivity index (χ0) is 20.3. The van der Waals surface area contributed by atoms with E-state index in [-0.39, 0.29) is 10.7 Å². The molecule has 2 aromatic carbocycles. The lowest BCUT2D eigenvalue weighted by atomic mass is 10.1. The van der Waals surface area contributed by atoms with Crippen molar-refractivity contribution in [3.63, 3.8) is 0 Å². The van der Waals surface area contributed by atoms with E-state index in [0.717, 1.165) is 0 Å². The van der Waals surface area contributed by atoms with Crippen LogP contribution in [0.15, 0.2) is 48.0 Å². The summed E-state index contributed by atoms with van der Waals surface area (Å²) in [7, 11) is 4.49. The van der Waals surface area contributed by atoms with Gasteiger partial charge in [0.15, 0.2) is 16.6 Å². The lowest BCUT2D eigenvalue weighted by Crippen LogP contribution is -2.54. The smallest absolute Gasteiger partial charge is 0.270 e. The molecule has 28 heavy (non-hydrogen) atoms. The van der Waals surface area contributed by atoms with Gasteiger partial charge in [-0.15, -0.1) is 0 Å². The van der Waals surface area contributed by atoms with Gasteiger partial charge >= 0.3 is 0 Å². The first-order valence-electron chi connectivity index (χ1n) is 8.27. The number of hydrogen-bond donors (Lipinski definition) is 1. The van der Waals surface area contributed by atoms with Crippen LogP contribution in [0.4, 0.5) is 5.69 Å². The van der Waals surface area contributed by atoms with Gasteiger partial charge in [-0.1, -0.05) is 24.3 Å². The minimum Gasteiger partial charge on any atom is -0.495 e. The highest BCUT2D eigenvalue weighted by atomic mass is 32.1. The highest BCUT2D eigenvalue weighted by Crippen LogP contribution is 2.34. The average molecular weight is 398 g/mol. The Hall–Kier alpha value is -3.39. The molecular weight excluding hydrogens is 380 g/mol. The van der Waals surface area contributed by atoms with E-state index in [1.807, 2.05) is 0 Å². The maximum Gasteiger partial charge on any atom is 0.270 e. The summed E-state index contributed by atoms with van der Waals surface area (Å²) in [6.07, 6.45) is 1.45. The van der Waals surface area contributed by atoms with E-state index in [1.54, 1.807) is 42.5 Å². The van der Waals surface area contributed by atoms with Crippen LogP contribution in [0.25, 0.3) is 6.08 Å². The van der Waals surface area contributed by atoms with Crippen molar-refractivity contribution in [1.29, 1.82) is 0 Å². The second-order valence-corrected chi connectivity index (χ2v) is 6.10. The maximum absolute atomic E-state index is 13.2. The average Bonchev–Trinajstić information content (AvgIpc) is 2.70. The number of carbonyl (C=O) groups is 2. The summed E-state index contributed by atoms with van der Waals surface area (Å²) in [6, 6.07) is 12.1. The molecule has 0 aromatic heterocycles. The molecule has 1 saturated heterocycles. The molecule has 7 nitrogen and oxygen atoms in total. The Labute approximate surface area is 167 Å².